The van der Waals surface area contributed by atoms with E-state index in [0.717, 1.165) is 30.3 Å². The molecule has 5 nitrogen and oxygen atoms in total. The lowest BCUT2D eigenvalue weighted by Crippen LogP contribution is -2.25. The Bertz CT molecular complexity index is 488. The molecule has 0 spiro atoms. The molecule has 1 aliphatic rings. The second-order valence-corrected chi connectivity index (χ2v) is 6.25. The van der Waals surface area contributed by atoms with Gasteiger partial charge in [0, 0.05) is 11.4 Å². The topological polar surface area (TPSA) is 71.1 Å². The van der Waals surface area contributed by atoms with E-state index in [1.807, 2.05) is 18.2 Å². The molecule has 1 saturated heterocycles. The Hall–Kier alpha value is -1.40. The van der Waals surface area contributed by atoms with Gasteiger partial charge in [0.05, 0.1) is 5.56 Å². The molecule has 0 aromatic heterocycles. The van der Waals surface area contributed by atoms with Gasteiger partial charge in [0.25, 0.3) is 0 Å². The Morgan fingerprint density at radius 1 is 1.43 bits per heavy atom. The summed E-state index contributed by atoms with van der Waals surface area (Å²) in [5.41, 5.74) is 6.50. The number of oxime groups is 1. The minimum absolute atomic E-state index is 0.0997. The summed E-state index contributed by atoms with van der Waals surface area (Å²) < 4.78 is 5.88. The van der Waals surface area contributed by atoms with Gasteiger partial charge in [-0.2, -0.15) is 0 Å². The number of nitrogens with two attached hydrogens (primary N) is 1. The van der Waals surface area contributed by atoms with Crippen molar-refractivity contribution in [2.75, 3.05) is 32.0 Å². The molecule has 0 atom stereocenters. The predicted molar refractivity (Wildman–Crippen MR) is 86.5 cm³/mol. The van der Waals surface area contributed by atoms with Gasteiger partial charge in [-0.15, -0.1) is 11.8 Å². The van der Waals surface area contributed by atoms with Gasteiger partial charge < -0.3 is 15.7 Å². The Morgan fingerprint density at radius 3 is 2.86 bits per heavy atom. The van der Waals surface area contributed by atoms with Crippen molar-refractivity contribution in [2.45, 2.75) is 24.7 Å². The minimum atomic E-state index is 0.0997. The van der Waals surface area contributed by atoms with Crippen molar-refractivity contribution in [1.82, 2.24) is 4.90 Å². The summed E-state index contributed by atoms with van der Waals surface area (Å²) in [5.74, 6) is 1.70. The molecule has 2 rings (SSSR count). The molecule has 6 heteroatoms. The van der Waals surface area contributed by atoms with E-state index in [2.05, 4.69) is 17.0 Å². The van der Waals surface area contributed by atoms with Crippen molar-refractivity contribution >= 4 is 17.6 Å². The Balaban J connectivity index is 2.07. The number of likely N-dealkylation sites (tertiary alicyclic amines) is 1. The van der Waals surface area contributed by atoms with Crippen molar-refractivity contribution < 1.29 is 9.94 Å². The van der Waals surface area contributed by atoms with Crippen LogP contribution >= 0.6 is 11.8 Å². The van der Waals surface area contributed by atoms with Gasteiger partial charge in [-0.3, -0.25) is 4.90 Å². The van der Waals surface area contributed by atoms with Crippen LogP contribution in [0.1, 0.15) is 25.3 Å². The van der Waals surface area contributed by atoms with Gasteiger partial charge >= 0.3 is 0 Å². The number of hydrogen-bond donors (Lipinski definition) is 2. The minimum Gasteiger partial charge on any atom is -0.491 e. The van der Waals surface area contributed by atoms with E-state index >= 15 is 0 Å². The maximum Gasteiger partial charge on any atom is 0.174 e. The third-order valence-corrected chi connectivity index (χ3v) is 4.46. The molecule has 116 valence electrons. The fourth-order valence-electron chi connectivity index (χ4n) is 2.50. The third kappa shape index (κ3) is 4.28. The monoisotopic (exact) mass is 309 g/mol. The lowest BCUT2D eigenvalue weighted by molar-refractivity contribution is 0.237. The van der Waals surface area contributed by atoms with Crippen LogP contribution in [-0.2, 0) is 0 Å². The van der Waals surface area contributed by atoms with Crippen LogP contribution in [0.3, 0.4) is 0 Å². The first-order chi connectivity index (χ1) is 10.3. The third-order valence-electron chi connectivity index (χ3n) is 3.52. The Morgan fingerprint density at radius 2 is 2.19 bits per heavy atom. The second kappa shape index (κ2) is 8.14. The number of hydrogen-bond acceptors (Lipinski definition) is 5. The molecular weight excluding hydrogens is 286 g/mol. The number of amidine groups is 1. The molecule has 0 amide bonds. The van der Waals surface area contributed by atoms with Gasteiger partial charge in [-0.05, 0) is 43.8 Å². The Kier molecular flexibility index (Phi) is 6.20. The van der Waals surface area contributed by atoms with Gasteiger partial charge in [0.15, 0.2) is 5.84 Å². The lowest BCUT2D eigenvalue weighted by atomic mass is 10.2. The number of ether oxygens (including phenoxy) is 1. The smallest absolute Gasteiger partial charge is 0.174 e. The van der Waals surface area contributed by atoms with Crippen LogP contribution < -0.4 is 10.5 Å². The molecule has 0 saturated carbocycles. The van der Waals surface area contributed by atoms with Crippen molar-refractivity contribution in [3.63, 3.8) is 0 Å². The number of thioether (sulfide) groups is 1. The molecule has 0 radical (unpaired) electrons. The fraction of sp³-hybridized carbons (Fsp3) is 0.533. The molecule has 3 N–H and O–H groups in total. The van der Waals surface area contributed by atoms with E-state index in [-0.39, 0.29) is 5.84 Å². The summed E-state index contributed by atoms with van der Waals surface area (Å²) in [7, 11) is 0. The quantitative estimate of drug-likeness (QED) is 0.266. The average Bonchev–Trinajstić information content (AvgIpc) is 3.00. The van der Waals surface area contributed by atoms with Gasteiger partial charge in [-0.1, -0.05) is 18.1 Å². The number of rotatable bonds is 7. The molecule has 0 bridgehead atoms. The summed E-state index contributed by atoms with van der Waals surface area (Å²) in [6.45, 7) is 5.92. The first-order valence-corrected chi connectivity index (χ1v) is 8.33. The second-order valence-electron chi connectivity index (χ2n) is 4.94. The molecule has 1 aliphatic heterocycles. The van der Waals surface area contributed by atoms with E-state index < -0.39 is 0 Å². The summed E-state index contributed by atoms with van der Waals surface area (Å²) in [5, 5.41) is 12.1. The normalized spacial score (nSPS) is 16.3. The zero-order valence-corrected chi connectivity index (χ0v) is 13.2. The molecule has 21 heavy (non-hydrogen) atoms. The van der Waals surface area contributed by atoms with E-state index in [4.69, 9.17) is 15.7 Å². The largest absolute Gasteiger partial charge is 0.491 e. The molecule has 0 aliphatic carbocycles. The summed E-state index contributed by atoms with van der Waals surface area (Å²) in [6.07, 6.45) is 2.55. The van der Waals surface area contributed by atoms with Crippen LogP contribution in [0, 0.1) is 0 Å². The first kappa shape index (κ1) is 16.0. The van der Waals surface area contributed by atoms with E-state index in [9.17, 15) is 0 Å². The van der Waals surface area contributed by atoms with E-state index in [1.54, 1.807) is 11.8 Å². The zero-order valence-electron chi connectivity index (χ0n) is 12.4. The van der Waals surface area contributed by atoms with E-state index in [1.165, 1.54) is 12.8 Å². The average molecular weight is 309 g/mol. The van der Waals surface area contributed by atoms with Crippen LogP contribution in [0.25, 0.3) is 0 Å². The van der Waals surface area contributed by atoms with Crippen LogP contribution in [-0.4, -0.2) is 47.9 Å². The molecule has 1 aromatic rings. The SMILES string of the molecule is CCSc1cccc(OCCN2CCCC2)c1/C(N)=N/O. The van der Waals surface area contributed by atoms with Gasteiger partial charge in [-0.25, -0.2) is 0 Å². The highest BCUT2D eigenvalue weighted by molar-refractivity contribution is 7.99. The lowest BCUT2D eigenvalue weighted by Gasteiger charge is -2.17. The molecule has 0 unspecified atom stereocenters. The van der Waals surface area contributed by atoms with Crippen LogP contribution in [0.15, 0.2) is 28.3 Å². The molecule has 1 aromatic carbocycles. The summed E-state index contributed by atoms with van der Waals surface area (Å²) >= 11 is 1.66. The van der Waals surface area contributed by atoms with Gasteiger partial charge in [0.2, 0.25) is 0 Å². The molecular formula is C15H23N3O2S. The van der Waals surface area contributed by atoms with Crippen molar-refractivity contribution in [1.29, 1.82) is 0 Å². The maximum atomic E-state index is 8.99. The predicted octanol–water partition coefficient (Wildman–Crippen LogP) is 2.37. The highest BCUT2D eigenvalue weighted by Gasteiger charge is 2.15. The Labute approximate surface area is 130 Å². The summed E-state index contributed by atoms with van der Waals surface area (Å²) in [6, 6.07) is 5.78. The van der Waals surface area contributed by atoms with Crippen LogP contribution in [0.4, 0.5) is 0 Å². The molecule has 1 fully saturated rings. The number of nitrogens with zero attached hydrogens (tertiary/aromatic N) is 2. The highest BCUT2D eigenvalue weighted by atomic mass is 32.2. The fourth-order valence-corrected chi connectivity index (χ4v) is 3.34. The maximum absolute atomic E-state index is 8.99. The van der Waals surface area contributed by atoms with Crippen molar-refractivity contribution in [3.8, 4) is 5.75 Å². The van der Waals surface area contributed by atoms with Crippen molar-refractivity contribution in [2.24, 2.45) is 10.9 Å². The van der Waals surface area contributed by atoms with Crippen LogP contribution in [0.5, 0.6) is 5.75 Å². The van der Waals surface area contributed by atoms with Crippen LogP contribution in [0.2, 0.25) is 0 Å². The zero-order chi connectivity index (χ0) is 15.1. The molecule has 1 heterocycles. The van der Waals surface area contributed by atoms with Crippen molar-refractivity contribution in [3.05, 3.63) is 23.8 Å². The highest BCUT2D eigenvalue weighted by Crippen LogP contribution is 2.30. The van der Waals surface area contributed by atoms with Gasteiger partial charge in [0.1, 0.15) is 12.4 Å². The van der Waals surface area contributed by atoms with E-state index in [0.29, 0.717) is 17.9 Å². The standard InChI is InChI=1S/C15H23N3O2S/c1-2-21-13-7-5-6-12(14(13)15(16)17-19)20-11-10-18-8-3-4-9-18/h5-7,19H,2-4,8-11H2,1H3,(H2,16,17). The summed E-state index contributed by atoms with van der Waals surface area (Å²) in [4.78, 5) is 3.37. The first-order valence-electron chi connectivity index (χ1n) is 7.35. The number of benzene rings is 1.